The molecule has 2 saturated heterocycles. The summed E-state index contributed by atoms with van der Waals surface area (Å²) in [6.07, 6.45) is 5.56. The molecular weight excluding hydrogens is 392 g/mol. The van der Waals surface area contributed by atoms with E-state index >= 15 is 0 Å². The van der Waals surface area contributed by atoms with Crippen molar-refractivity contribution in [1.29, 1.82) is 0 Å². The monoisotopic (exact) mass is 419 g/mol. The first-order chi connectivity index (χ1) is 14.4. The first-order valence-corrected chi connectivity index (χ1v) is 10.8. The topological polar surface area (TPSA) is 60.9 Å². The Bertz CT molecular complexity index is 813. The van der Waals surface area contributed by atoms with E-state index in [1.807, 2.05) is 4.90 Å². The summed E-state index contributed by atoms with van der Waals surface area (Å²) in [6, 6.07) is 2.95. The van der Waals surface area contributed by atoms with E-state index in [2.05, 4.69) is 0 Å². The fourth-order valence-corrected chi connectivity index (χ4v) is 4.85. The molecule has 162 valence electrons. The summed E-state index contributed by atoms with van der Waals surface area (Å²) in [6.45, 7) is 2.03. The summed E-state index contributed by atoms with van der Waals surface area (Å²) >= 11 is 0. The molecule has 1 atom stereocenters. The molecule has 2 heterocycles. The van der Waals surface area contributed by atoms with Gasteiger partial charge in [-0.3, -0.25) is 14.4 Å². The van der Waals surface area contributed by atoms with Crippen molar-refractivity contribution >= 4 is 23.4 Å². The third-order valence-corrected chi connectivity index (χ3v) is 6.54. The molecule has 3 aliphatic rings. The highest BCUT2D eigenvalue weighted by atomic mass is 19.1. The Morgan fingerprint density at radius 2 is 1.47 bits per heavy atom. The molecule has 0 bridgehead atoms. The van der Waals surface area contributed by atoms with Crippen molar-refractivity contribution in [3.8, 4) is 0 Å². The summed E-state index contributed by atoms with van der Waals surface area (Å²) in [5, 5.41) is 0. The summed E-state index contributed by atoms with van der Waals surface area (Å²) < 4.78 is 27.0. The number of nitrogens with zero attached hydrogens (tertiary/aromatic N) is 3. The third-order valence-electron chi connectivity index (χ3n) is 6.54. The van der Waals surface area contributed by atoms with Crippen LogP contribution in [-0.2, 0) is 14.4 Å². The largest absolute Gasteiger partial charge is 0.339 e. The number of carbonyl (C=O) groups excluding carboxylic acids is 3. The van der Waals surface area contributed by atoms with Crippen LogP contribution in [0.25, 0.3) is 0 Å². The van der Waals surface area contributed by atoms with Crippen molar-refractivity contribution in [2.75, 3.05) is 37.6 Å². The van der Waals surface area contributed by atoms with Gasteiger partial charge in [0.2, 0.25) is 17.7 Å². The number of hydrogen-bond donors (Lipinski definition) is 0. The van der Waals surface area contributed by atoms with Gasteiger partial charge in [-0.1, -0.05) is 12.8 Å². The lowest BCUT2D eigenvalue weighted by molar-refractivity contribution is -0.145. The van der Waals surface area contributed by atoms with Gasteiger partial charge in [0.1, 0.15) is 17.6 Å². The second-order valence-electron chi connectivity index (χ2n) is 8.52. The van der Waals surface area contributed by atoms with Crippen molar-refractivity contribution in [2.45, 2.75) is 38.5 Å². The minimum Gasteiger partial charge on any atom is -0.339 e. The van der Waals surface area contributed by atoms with Gasteiger partial charge in [-0.05, 0) is 37.3 Å². The molecule has 1 aliphatic carbocycles. The fourth-order valence-electron chi connectivity index (χ4n) is 4.85. The zero-order valence-electron chi connectivity index (χ0n) is 17.0. The smallest absolute Gasteiger partial charge is 0.239 e. The van der Waals surface area contributed by atoms with Crippen molar-refractivity contribution in [3.63, 3.8) is 0 Å². The number of anilines is 1. The van der Waals surface area contributed by atoms with Gasteiger partial charge in [-0.15, -0.1) is 0 Å². The Hall–Kier alpha value is -2.51. The number of halogens is 2. The molecule has 8 heteroatoms. The number of piperazine rings is 1. The Morgan fingerprint density at radius 3 is 2.10 bits per heavy atom. The zero-order valence-corrected chi connectivity index (χ0v) is 17.0. The van der Waals surface area contributed by atoms with E-state index in [0.29, 0.717) is 44.9 Å². The van der Waals surface area contributed by atoms with Crippen molar-refractivity contribution < 1.29 is 23.2 Å². The first kappa shape index (κ1) is 20.8. The molecule has 0 N–H and O–H groups in total. The predicted molar refractivity (Wildman–Crippen MR) is 107 cm³/mol. The van der Waals surface area contributed by atoms with Crippen LogP contribution in [0.15, 0.2) is 18.2 Å². The van der Waals surface area contributed by atoms with E-state index in [4.69, 9.17) is 0 Å². The highest BCUT2D eigenvalue weighted by molar-refractivity contribution is 6.09. The Labute approximate surface area is 174 Å². The number of hydrogen-bond acceptors (Lipinski definition) is 3. The zero-order chi connectivity index (χ0) is 21.3. The molecule has 1 saturated carbocycles. The van der Waals surface area contributed by atoms with E-state index in [1.54, 1.807) is 4.90 Å². The molecule has 1 aromatic rings. The molecule has 30 heavy (non-hydrogen) atoms. The van der Waals surface area contributed by atoms with Crippen LogP contribution >= 0.6 is 0 Å². The SMILES string of the molecule is O=C(CC1CCCC1)N1CCN(C(=O)C2CCN(c3cc(F)cc(F)c3)C2=O)CC1. The van der Waals surface area contributed by atoms with Gasteiger partial charge in [-0.2, -0.15) is 0 Å². The summed E-state index contributed by atoms with van der Waals surface area (Å²) in [4.78, 5) is 42.9. The molecule has 1 aromatic carbocycles. The van der Waals surface area contributed by atoms with E-state index in [-0.39, 0.29) is 24.0 Å². The van der Waals surface area contributed by atoms with Gasteiger partial charge in [0.15, 0.2) is 0 Å². The van der Waals surface area contributed by atoms with Crippen LogP contribution in [0.1, 0.15) is 38.5 Å². The molecule has 0 aromatic heterocycles. The standard InChI is InChI=1S/C22H27F2N3O3/c23-16-12-17(24)14-18(13-16)27-6-5-19(22(27)30)21(29)26-9-7-25(8-10-26)20(28)11-15-3-1-2-4-15/h12-15,19H,1-11H2. The Kier molecular flexibility index (Phi) is 6.01. The first-order valence-electron chi connectivity index (χ1n) is 10.8. The minimum atomic E-state index is -0.836. The van der Waals surface area contributed by atoms with Gasteiger partial charge in [0, 0.05) is 50.9 Å². The molecule has 4 rings (SSSR count). The number of amides is 3. The second kappa shape index (κ2) is 8.70. The number of rotatable bonds is 4. The highest BCUT2D eigenvalue weighted by Gasteiger charge is 2.40. The van der Waals surface area contributed by atoms with Crippen molar-refractivity contribution in [1.82, 2.24) is 9.80 Å². The summed E-state index contributed by atoms with van der Waals surface area (Å²) in [5.74, 6) is -2.39. The van der Waals surface area contributed by atoms with Crippen LogP contribution in [0.5, 0.6) is 0 Å². The third kappa shape index (κ3) is 4.32. The highest BCUT2D eigenvalue weighted by Crippen LogP contribution is 2.29. The van der Waals surface area contributed by atoms with E-state index < -0.39 is 23.5 Å². The average molecular weight is 419 g/mol. The van der Waals surface area contributed by atoms with E-state index in [1.165, 1.54) is 17.7 Å². The molecule has 3 fully saturated rings. The lowest BCUT2D eigenvalue weighted by atomic mass is 10.0. The normalized spacial score (nSPS) is 22.8. The maximum atomic E-state index is 13.5. The van der Waals surface area contributed by atoms with Crippen molar-refractivity contribution in [2.24, 2.45) is 11.8 Å². The predicted octanol–water partition coefficient (Wildman–Crippen LogP) is 2.57. The molecule has 1 unspecified atom stereocenters. The molecule has 0 radical (unpaired) electrons. The Morgan fingerprint density at radius 1 is 0.867 bits per heavy atom. The van der Waals surface area contributed by atoms with Gasteiger partial charge < -0.3 is 14.7 Å². The molecule has 0 spiro atoms. The van der Waals surface area contributed by atoms with Crippen LogP contribution in [0.2, 0.25) is 0 Å². The van der Waals surface area contributed by atoms with Gasteiger partial charge in [0.25, 0.3) is 0 Å². The van der Waals surface area contributed by atoms with Gasteiger partial charge in [0.05, 0.1) is 0 Å². The number of benzene rings is 1. The van der Waals surface area contributed by atoms with Crippen LogP contribution in [0.3, 0.4) is 0 Å². The van der Waals surface area contributed by atoms with Crippen LogP contribution in [0.4, 0.5) is 14.5 Å². The average Bonchev–Trinajstić information content (AvgIpc) is 3.36. The maximum Gasteiger partial charge on any atom is 0.239 e. The minimum absolute atomic E-state index is 0.134. The van der Waals surface area contributed by atoms with Crippen LogP contribution in [-0.4, -0.2) is 60.2 Å². The maximum absolute atomic E-state index is 13.5. The van der Waals surface area contributed by atoms with Gasteiger partial charge >= 0.3 is 0 Å². The number of carbonyl (C=O) groups is 3. The Balaban J connectivity index is 1.32. The lowest BCUT2D eigenvalue weighted by Crippen LogP contribution is -2.52. The van der Waals surface area contributed by atoms with E-state index in [9.17, 15) is 23.2 Å². The van der Waals surface area contributed by atoms with Crippen LogP contribution < -0.4 is 4.90 Å². The van der Waals surface area contributed by atoms with Gasteiger partial charge in [-0.25, -0.2) is 8.78 Å². The summed E-state index contributed by atoms with van der Waals surface area (Å²) in [7, 11) is 0. The fraction of sp³-hybridized carbons (Fsp3) is 0.591. The van der Waals surface area contributed by atoms with Crippen molar-refractivity contribution in [3.05, 3.63) is 29.8 Å². The molecule has 6 nitrogen and oxygen atoms in total. The molecular formula is C22H27F2N3O3. The molecule has 2 aliphatic heterocycles. The summed E-state index contributed by atoms with van der Waals surface area (Å²) in [5.41, 5.74) is 0.134. The second-order valence-corrected chi connectivity index (χ2v) is 8.52. The molecule has 3 amide bonds. The van der Waals surface area contributed by atoms with Crippen LogP contribution in [0, 0.1) is 23.5 Å². The van der Waals surface area contributed by atoms with E-state index in [0.717, 1.165) is 31.0 Å². The lowest BCUT2D eigenvalue weighted by Gasteiger charge is -2.36. The quantitative estimate of drug-likeness (QED) is 0.705.